The Morgan fingerprint density at radius 1 is 0.778 bits per heavy atom. The topological polar surface area (TPSA) is 41.1 Å². The monoisotopic (exact) mass is 366 g/mol. The molecule has 0 aliphatic heterocycles. The van der Waals surface area contributed by atoms with Crippen LogP contribution in [-0.2, 0) is 4.79 Å². The largest absolute Gasteiger partial charge is 0.320 e. The first-order valence-electron chi connectivity index (χ1n) is 8.67. The molecule has 0 fully saturated rings. The quantitative estimate of drug-likeness (QED) is 0.666. The Morgan fingerprint density at radius 2 is 1.26 bits per heavy atom. The Kier molecular flexibility index (Phi) is 5.94. The van der Waals surface area contributed by atoms with E-state index in [9.17, 15) is 13.6 Å². The zero-order chi connectivity index (χ0) is 19.2. The summed E-state index contributed by atoms with van der Waals surface area (Å²) in [4.78, 5) is 12.5. The Balaban J connectivity index is 1.80. The summed E-state index contributed by atoms with van der Waals surface area (Å²) in [5.74, 6) is -2.13. The lowest BCUT2D eigenvalue weighted by Gasteiger charge is -2.24. The van der Waals surface area contributed by atoms with Crippen molar-refractivity contribution in [2.75, 3.05) is 5.32 Å². The second-order valence-corrected chi connectivity index (χ2v) is 6.23. The molecule has 0 heterocycles. The van der Waals surface area contributed by atoms with Gasteiger partial charge in [-0.15, -0.1) is 0 Å². The van der Waals surface area contributed by atoms with Gasteiger partial charge in [0.05, 0.1) is 12.1 Å². The van der Waals surface area contributed by atoms with Crippen LogP contribution >= 0.6 is 0 Å². The third-order valence-corrected chi connectivity index (χ3v) is 4.29. The second kappa shape index (κ2) is 8.56. The fourth-order valence-electron chi connectivity index (χ4n) is 2.85. The minimum Gasteiger partial charge on any atom is -0.320 e. The van der Waals surface area contributed by atoms with Gasteiger partial charge in [0.1, 0.15) is 17.3 Å². The predicted octanol–water partition coefficient (Wildman–Crippen LogP) is 4.67. The van der Waals surface area contributed by atoms with Crippen molar-refractivity contribution in [3.8, 4) is 0 Å². The van der Waals surface area contributed by atoms with Crippen molar-refractivity contribution in [2.24, 2.45) is 0 Å². The summed E-state index contributed by atoms with van der Waals surface area (Å²) in [7, 11) is 0. The maximum Gasteiger partial charge on any atom is 0.241 e. The number of anilines is 1. The molecule has 27 heavy (non-hydrogen) atoms. The van der Waals surface area contributed by atoms with Crippen LogP contribution in [0.25, 0.3) is 0 Å². The fourth-order valence-corrected chi connectivity index (χ4v) is 2.85. The summed E-state index contributed by atoms with van der Waals surface area (Å²) in [5, 5.41) is 5.59. The Hall–Kier alpha value is -3.05. The molecule has 0 unspecified atom stereocenters. The fraction of sp³-hybridized carbons (Fsp3) is 0.136. The molecule has 3 aromatic rings. The summed E-state index contributed by atoms with van der Waals surface area (Å²) in [6.07, 6.45) is 0. The average Bonchev–Trinajstić information content (AvgIpc) is 2.70. The molecule has 0 aromatic heterocycles. The Morgan fingerprint density at radius 3 is 1.74 bits per heavy atom. The molecular weight excluding hydrogens is 346 g/mol. The van der Waals surface area contributed by atoms with Gasteiger partial charge in [0.2, 0.25) is 5.91 Å². The van der Waals surface area contributed by atoms with Crippen molar-refractivity contribution in [3.63, 3.8) is 0 Å². The molecular formula is C22H20F2N2O. The van der Waals surface area contributed by atoms with Crippen molar-refractivity contribution in [3.05, 3.63) is 102 Å². The minimum absolute atomic E-state index is 0.237. The van der Waals surface area contributed by atoms with E-state index in [0.717, 1.165) is 23.3 Å². The van der Waals surface area contributed by atoms with Gasteiger partial charge in [-0.1, -0.05) is 66.7 Å². The van der Waals surface area contributed by atoms with E-state index in [0.29, 0.717) is 0 Å². The molecule has 0 saturated heterocycles. The van der Waals surface area contributed by atoms with Gasteiger partial charge in [0.15, 0.2) is 0 Å². The predicted molar refractivity (Wildman–Crippen MR) is 102 cm³/mol. The van der Waals surface area contributed by atoms with Crippen molar-refractivity contribution in [2.45, 2.75) is 19.0 Å². The van der Waals surface area contributed by atoms with Crippen molar-refractivity contribution in [1.29, 1.82) is 0 Å². The molecule has 0 spiro atoms. The van der Waals surface area contributed by atoms with Crippen LogP contribution in [0.2, 0.25) is 0 Å². The second-order valence-electron chi connectivity index (χ2n) is 6.23. The molecule has 1 atom stereocenters. The van der Waals surface area contributed by atoms with Crippen LogP contribution in [0.1, 0.15) is 24.1 Å². The molecule has 0 radical (unpaired) electrons. The van der Waals surface area contributed by atoms with E-state index < -0.39 is 29.3 Å². The third-order valence-electron chi connectivity index (χ3n) is 4.29. The van der Waals surface area contributed by atoms with E-state index >= 15 is 0 Å². The highest BCUT2D eigenvalue weighted by Gasteiger charge is 2.22. The molecule has 1 amide bonds. The van der Waals surface area contributed by atoms with E-state index in [4.69, 9.17) is 0 Å². The van der Waals surface area contributed by atoms with Crippen LogP contribution in [0, 0.1) is 11.6 Å². The molecule has 5 heteroatoms. The first kappa shape index (κ1) is 18.7. The van der Waals surface area contributed by atoms with Gasteiger partial charge in [-0.2, -0.15) is 0 Å². The van der Waals surface area contributed by atoms with Gasteiger partial charge in [-0.25, -0.2) is 8.78 Å². The highest BCUT2D eigenvalue weighted by Crippen LogP contribution is 2.23. The van der Waals surface area contributed by atoms with Crippen LogP contribution in [-0.4, -0.2) is 11.9 Å². The smallest absolute Gasteiger partial charge is 0.241 e. The van der Waals surface area contributed by atoms with Crippen LogP contribution in [0.5, 0.6) is 0 Å². The number of carbonyl (C=O) groups is 1. The zero-order valence-corrected chi connectivity index (χ0v) is 14.8. The van der Waals surface area contributed by atoms with Gasteiger partial charge >= 0.3 is 0 Å². The molecule has 2 N–H and O–H groups in total. The SMILES string of the molecule is C[C@@H](NC(c1ccccc1)c1ccccc1)C(=O)Nc1c(F)cccc1F. The van der Waals surface area contributed by atoms with Crippen molar-refractivity contribution in [1.82, 2.24) is 5.32 Å². The lowest BCUT2D eigenvalue weighted by molar-refractivity contribution is -0.117. The van der Waals surface area contributed by atoms with Gasteiger partial charge in [-0.05, 0) is 30.2 Å². The summed E-state index contributed by atoms with van der Waals surface area (Å²) in [6.45, 7) is 1.66. The van der Waals surface area contributed by atoms with E-state index in [2.05, 4.69) is 10.6 Å². The molecule has 0 aliphatic carbocycles. The van der Waals surface area contributed by atoms with Crippen LogP contribution in [0.3, 0.4) is 0 Å². The van der Waals surface area contributed by atoms with Gasteiger partial charge in [-0.3, -0.25) is 10.1 Å². The van der Waals surface area contributed by atoms with E-state index in [1.165, 1.54) is 6.07 Å². The van der Waals surface area contributed by atoms with Gasteiger partial charge < -0.3 is 5.32 Å². The summed E-state index contributed by atoms with van der Waals surface area (Å²) in [6, 6.07) is 21.9. The first-order chi connectivity index (χ1) is 13.1. The summed E-state index contributed by atoms with van der Waals surface area (Å²) in [5.41, 5.74) is 1.54. The van der Waals surface area contributed by atoms with Crippen LogP contribution in [0.15, 0.2) is 78.9 Å². The maximum atomic E-state index is 13.8. The van der Waals surface area contributed by atoms with E-state index in [1.54, 1.807) is 6.92 Å². The molecule has 0 aliphatic rings. The first-order valence-corrected chi connectivity index (χ1v) is 8.67. The Bertz CT molecular complexity index is 841. The number of hydrogen-bond acceptors (Lipinski definition) is 2. The highest BCUT2D eigenvalue weighted by molar-refractivity contribution is 5.94. The summed E-state index contributed by atoms with van der Waals surface area (Å²) < 4.78 is 27.6. The Labute approximate surface area is 157 Å². The number of amides is 1. The number of benzene rings is 3. The maximum absolute atomic E-state index is 13.8. The van der Waals surface area contributed by atoms with Gasteiger partial charge in [0.25, 0.3) is 0 Å². The summed E-state index contributed by atoms with van der Waals surface area (Å²) >= 11 is 0. The lowest BCUT2D eigenvalue weighted by atomic mass is 9.98. The molecule has 0 saturated carbocycles. The molecule has 3 nitrogen and oxygen atoms in total. The van der Waals surface area contributed by atoms with Crippen molar-refractivity contribution >= 4 is 11.6 Å². The van der Waals surface area contributed by atoms with Crippen LogP contribution in [0.4, 0.5) is 14.5 Å². The average molecular weight is 366 g/mol. The van der Waals surface area contributed by atoms with E-state index in [-0.39, 0.29) is 6.04 Å². The number of carbonyl (C=O) groups excluding carboxylic acids is 1. The minimum atomic E-state index is -0.807. The molecule has 0 bridgehead atoms. The number of rotatable bonds is 6. The molecule has 3 rings (SSSR count). The number of halogens is 2. The normalized spacial score (nSPS) is 12.0. The number of hydrogen-bond donors (Lipinski definition) is 2. The lowest BCUT2D eigenvalue weighted by Crippen LogP contribution is -2.40. The van der Waals surface area contributed by atoms with Crippen LogP contribution < -0.4 is 10.6 Å². The standard InChI is InChI=1S/C22H20F2N2O/c1-15(22(27)26-21-18(23)13-8-14-19(21)24)25-20(16-9-4-2-5-10-16)17-11-6-3-7-12-17/h2-15,20,25H,1H3,(H,26,27)/t15-/m1/s1. The van der Waals surface area contributed by atoms with Gasteiger partial charge in [0, 0.05) is 0 Å². The van der Waals surface area contributed by atoms with E-state index in [1.807, 2.05) is 60.7 Å². The van der Waals surface area contributed by atoms with Crippen molar-refractivity contribution < 1.29 is 13.6 Å². The zero-order valence-electron chi connectivity index (χ0n) is 14.8. The number of nitrogens with one attached hydrogen (secondary N) is 2. The third kappa shape index (κ3) is 4.57. The molecule has 3 aromatic carbocycles. The highest BCUT2D eigenvalue weighted by atomic mass is 19.1. The number of para-hydroxylation sites is 1. The molecule has 138 valence electrons.